The Morgan fingerprint density at radius 3 is 2.18 bits per heavy atom. The molecule has 11 heteroatoms. The second-order valence-electron chi connectivity index (χ2n) is 7.03. The summed E-state index contributed by atoms with van der Waals surface area (Å²) in [6, 6.07) is 16.1. The van der Waals surface area contributed by atoms with Crippen LogP contribution < -0.4 is 23.8 Å². The Bertz CT molecular complexity index is 1300. The maximum atomic E-state index is 12.9. The van der Waals surface area contributed by atoms with E-state index in [0.29, 0.717) is 28.0 Å². The highest BCUT2D eigenvalue weighted by molar-refractivity contribution is 7.92. The zero-order valence-electron chi connectivity index (χ0n) is 18.5. The fourth-order valence-electron chi connectivity index (χ4n) is 3.04. The molecule has 0 aliphatic carbocycles. The Kier molecular flexibility index (Phi) is 8.14. The van der Waals surface area contributed by atoms with Crippen molar-refractivity contribution in [3.63, 3.8) is 0 Å². The van der Waals surface area contributed by atoms with E-state index in [-0.39, 0.29) is 16.4 Å². The van der Waals surface area contributed by atoms with E-state index in [0.717, 1.165) is 10.6 Å². The van der Waals surface area contributed by atoms with E-state index in [1.165, 1.54) is 38.5 Å². The van der Waals surface area contributed by atoms with Crippen molar-refractivity contribution in [3.05, 3.63) is 70.7 Å². The normalized spacial score (nSPS) is 11.0. The van der Waals surface area contributed by atoms with Crippen LogP contribution in [0.4, 0.5) is 11.4 Å². The third-order valence-electron chi connectivity index (χ3n) is 4.62. The molecule has 0 fully saturated rings. The highest BCUT2D eigenvalue weighted by Gasteiger charge is 2.23. The molecule has 0 bridgehead atoms. The van der Waals surface area contributed by atoms with Crippen molar-refractivity contribution in [1.29, 1.82) is 0 Å². The molecule has 3 rings (SSSR count). The van der Waals surface area contributed by atoms with Gasteiger partial charge in [0, 0.05) is 5.02 Å². The molecule has 34 heavy (non-hydrogen) atoms. The summed E-state index contributed by atoms with van der Waals surface area (Å²) in [5.74, 6) is 0.966. The fourth-order valence-corrected chi connectivity index (χ4v) is 4.31. The average molecular weight is 525 g/mol. The van der Waals surface area contributed by atoms with Gasteiger partial charge in [0.2, 0.25) is 15.9 Å². The zero-order valence-corrected chi connectivity index (χ0v) is 20.9. The molecule has 0 aromatic heterocycles. The SMILES string of the molecule is COc1ccc(N(CC(=O)Nc2cc(Cl)ccc2Oc2ccccc2OC)S(C)(=O)=O)cc1Cl. The lowest BCUT2D eigenvalue weighted by atomic mass is 10.2. The van der Waals surface area contributed by atoms with E-state index in [1.54, 1.807) is 36.4 Å². The first-order valence-electron chi connectivity index (χ1n) is 9.84. The Balaban J connectivity index is 1.86. The van der Waals surface area contributed by atoms with Crippen molar-refractivity contribution in [2.24, 2.45) is 0 Å². The topological polar surface area (TPSA) is 94.2 Å². The zero-order chi connectivity index (χ0) is 24.9. The monoisotopic (exact) mass is 524 g/mol. The number of sulfonamides is 1. The van der Waals surface area contributed by atoms with Crippen LogP contribution in [0.5, 0.6) is 23.0 Å². The van der Waals surface area contributed by atoms with Gasteiger partial charge >= 0.3 is 0 Å². The number of methoxy groups -OCH3 is 2. The van der Waals surface area contributed by atoms with Gasteiger partial charge in [-0.1, -0.05) is 35.3 Å². The summed E-state index contributed by atoms with van der Waals surface area (Å²) in [7, 11) is -0.864. The second kappa shape index (κ2) is 10.9. The molecule has 0 heterocycles. The number of hydrogen-bond acceptors (Lipinski definition) is 6. The van der Waals surface area contributed by atoms with Crippen LogP contribution in [0.3, 0.4) is 0 Å². The summed E-state index contributed by atoms with van der Waals surface area (Å²) >= 11 is 12.3. The van der Waals surface area contributed by atoms with E-state index in [1.807, 2.05) is 0 Å². The van der Waals surface area contributed by atoms with Gasteiger partial charge in [-0.25, -0.2) is 8.42 Å². The van der Waals surface area contributed by atoms with Crippen LogP contribution in [0.15, 0.2) is 60.7 Å². The van der Waals surface area contributed by atoms with Crippen molar-refractivity contribution in [1.82, 2.24) is 0 Å². The molecule has 0 spiro atoms. The number of carbonyl (C=O) groups is 1. The predicted octanol–water partition coefficient (Wildman–Crippen LogP) is 5.21. The quantitative estimate of drug-likeness (QED) is 0.413. The highest BCUT2D eigenvalue weighted by Crippen LogP contribution is 2.36. The van der Waals surface area contributed by atoms with Gasteiger partial charge in [-0.05, 0) is 48.5 Å². The number of halogens is 2. The maximum Gasteiger partial charge on any atom is 0.245 e. The van der Waals surface area contributed by atoms with Crippen LogP contribution >= 0.6 is 23.2 Å². The van der Waals surface area contributed by atoms with Gasteiger partial charge in [-0.15, -0.1) is 0 Å². The molecule has 3 aromatic rings. The minimum Gasteiger partial charge on any atom is -0.495 e. The van der Waals surface area contributed by atoms with Crippen LogP contribution in [0, 0.1) is 0 Å². The van der Waals surface area contributed by atoms with E-state index in [4.69, 9.17) is 37.4 Å². The lowest BCUT2D eigenvalue weighted by Crippen LogP contribution is -2.37. The van der Waals surface area contributed by atoms with E-state index in [2.05, 4.69) is 5.32 Å². The Labute approximate surface area is 208 Å². The molecule has 0 aliphatic heterocycles. The summed E-state index contributed by atoms with van der Waals surface area (Å²) in [6.07, 6.45) is 0.994. The van der Waals surface area contributed by atoms with Gasteiger partial charge in [-0.2, -0.15) is 0 Å². The largest absolute Gasteiger partial charge is 0.495 e. The summed E-state index contributed by atoms with van der Waals surface area (Å²) in [5, 5.41) is 3.22. The minimum atomic E-state index is -3.82. The Morgan fingerprint density at radius 2 is 1.56 bits per heavy atom. The molecule has 0 saturated heterocycles. The molecule has 0 saturated carbocycles. The molecule has 0 unspecified atom stereocenters. The number of ether oxygens (including phenoxy) is 3. The number of carbonyl (C=O) groups excluding carboxylic acids is 1. The van der Waals surface area contributed by atoms with Crippen LogP contribution in [-0.4, -0.2) is 41.3 Å². The summed E-state index contributed by atoms with van der Waals surface area (Å²) in [5.41, 5.74) is 0.463. The third kappa shape index (κ3) is 6.25. The summed E-state index contributed by atoms with van der Waals surface area (Å²) in [4.78, 5) is 12.9. The molecule has 180 valence electrons. The molecular weight excluding hydrogens is 503 g/mol. The first-order chi connectivity index (χ1) is 16.1. The molecule has 0 atom stereocenters. The van der Waals surface area contributed by atoms with Gasteiger partial charge in [-0.3, -0.25) is 9.10 Å². The number of benzene rings is 3. The molecule has 1 N–H and O–H groups in total. The lowest BCUT2D eigenvalue weighted by Gasteiger charge is -2.23. The number of hydrogen-bond donors (Lipinski definition) is 1. The second-order valence-corrected chi connectivity index (χ2v) is 9.78. The Hall–Kier alpha value is -3.14. The summed E-state index contributed by atoms with van der Waals surface area (Å²) in [6.45, 7) is -0.512. The molecule has 8 nitrogen and oxygen atoms in total. The number of nitrogens with one attached hydrogen (secondary N) is 1. The van der Waals surface area contributed by atoms with Crippen LogP contribution in [-0.2, 0) is 14.8 Å². The average Bonchev–Trinajstić information content (AvgIpc) is 2.79. The van der Waals surface area contributed by atoms with Crippen LogP contribution in [0.1, 0.15) is 0 Å². The van der Waals surface area contributed by atoms with Gasteiger partial charge in [0.05, 0.1) is 36.9 Å². The summed E-state index contributed by atoms with van der Waals surface area (Å²) < 4.78 is 42.1. The lowest BCUT2D eigenvalue weighted by molar-refractivity contribution is -0.114. The first-order valence-corrected chi connectivity index (χ1v) is 12.4. The fraction of sp³-hybridized carbons (Fsp3) is 0.174. The molecule has 1 amide bonds. The van der Waals surface area contributed by atoms with Gasteiger partial charge in [0.25, 0.3) is 0 Å². The number of rotatable bonds is 9. The minimum absolute atomic E-state index is 0.205. The number of anilines is 2. The predicted molar refractivity (Wildman–Crippen MR) is 133 cm³/mol. The van der Waals surface area contributed by atoms with Crippen molar-refractivity contribution < 1.29 is 27.4 Å². The van der Waals surface area contributed by atoms with E-state index in [9.17, 15) is 13.2 Å². The van der Waals surface area contributed by atoms with Gasteiger partial charge in [0.1, 0.15) is 12.3 Å². The van der Waals surface area contributed by atoms with Crippen LogP contribution in [0.25, 0.3) is 0 Å². The molecule has 0 radical (unpaired) electrons. The van der Waals surface area contributed by atoms with Crippen molar-refractivity contribution in [3.8, 4) is 23.0 Å². The number of nitrogens with zero attached hydrogens (tertiary/aromatic N) is 1. The van der Waals surface area contributed by atoms with Crippen molar-refractivity contribution >= 4 is 50.5 Å². The molecular formula is C23H22Cl2N2O6S. The Morgan fingerprint density at radius 1 is 0.912 bits per heavy atom. The molecule has 3 aromatic carbocycles. The van der Waals surface area contributed by atoms with Crippen molar-refractivity contribution in [2.75, 3.05) is 36.6 Å². The number of amides is 1. The van der Waals surface area contributed by atoms with Crippen LogP contribution in [0.2, 0.25) is 10.0 Å². The van der Waals surface area contributed by atoms with Gasteiger partial charge in [0.15, 0.2) is 17.2 Å². The van der Waals surface area contributed by atoms with E-state index < -0.39 is 22.5 Å². The highest BCUT2D eigenvalue weighted by atomic mass is 35.5. The maximum absolute atomic E-state index is 12.9. The molecule has 0 aliphatic rings. The van der Waals surface area contributed by atoms with E-state index >= 15 is 0 Å². The van der Waals surface area contributed by atoms with Gasteiger partial charge < -0.3 is 19.5 Å². The standard InChI is InChI=1S/C23H22Cl2N2O6S/c1-31-19-11-9-16(13-17(19)25)27(34(3,29)30)14-23(28)26-18-12-15(24)8-10-20(18)33-22-7-5-4-6-21(22)32-2/h4-13H,14H2,1-3H3,(H,26,28). The van der Waals surface area contributed by atoms with Crippen molar-refractivity contribution in [2.45, 2.75) is 0 Å². The third-order valence-corrected chi connectivity index (χ3v) is 6.29. The number of para-hydroxylation sites is 2. The first kappa shape index (κ1) is 25.5. The smallest absolute Gasteiger partial charge is 0.245 e.